The molecule has 3 N–H and O–H groups in total. The summed E-state index contributed by atoms with van der Waals surface area (Å²) < 4.78 is 10.3. The zero-order valence-corrected chi connectivity index (χ0v) is 14.3. The number of hydrogen-bond acceptors (Lipinski definition) is 5. The largest absolute Gasteiger partial charge is 0.497 e. The molecule has 3 aromatic rings. The molecule has 0 aliphatic heterocycles. The number of fused-ring (bicyclic) bond motifs is 1. The number of nitrogens with one attached hydrogen (secondary N) is 3. The van der Waals surface area contributed by atoms with Crippen molar-refractivity contribution in [3.8, 4) is 11.5 Å². The number of rotatable bonds is 5. The summed E-state index contributed by atoms with van der Waals surface area (Å²) in [6.07, 6.45) is 0.00864. The molecule has 0 radical (unpaired) electrons. The Kier molecular flexibility index (Phi) is 5.02. The molecule has 134 valence electrons. The molecule has 8 heteroatoms. The molecule has 1 heterocycles. The smallest absolute Gasteiger partial charge is 0.273 e. The van der Waals surface area contributed by atoms with Crippen LogP contribution < -0.4 is 20.3 Å². The summed E-state index contributed by atoms with van der Waals surface area (Å²) >= 11 is 0. The number of amides is 2. The average Bonchev–Trinajstić information content (AvgIpc) is 3.07. The maximum absolute atomic E-state index is 12.3. The average molecular weight is 354 g/mol. The number of H-pyrrole nitrogens is 1. The van der Waals surface area contributed by atoms with Crippen molar-refractivity contribution >= 4 is 22.8 Å². The summed E-state index contributed by atoms with van der Waals surface area (Å²) in [6.45, 7) is 0. The van der Waals surface area contributed by atoms with Crippen LogP contribution in [0, 0.1) is 0 Å². The maximum Gasteiger partial charge on any atom is 0.273 e. The van der Waals surface area contributed by atoms with Crippen LogP contribution in [-0.4, -0.2) is 36.0 Å². The number of methoxy groups -OCH3 is 2. The van der Waals surface area contributed by atoms with Gasteiger partial charge in [0.1, 0.15) is 17.3 Å². The molecule has 2 aromatic carbocycles. The third kappa shape index (κ3) is 3.75. The molecule has 0 atom stereocenters. The SMILES string of the molecule is COc1ccc(C(=O)NNC(=O)Cc2nc3ccccc3[nH]2)c(OC)c1. The Bertz CT molecular complexity index is 918. The van der Waals surface area contributed by atoms with Crippen LogP contribution in [0.4, 0.5) is 0 Å². The molecule has 0 fully saturated rings. The highest BCUT2D eigenvalue weighted by Crippen LogP contribution is 2.24. The summed E-state index contributed by atoms with van der Waals surface area (Å²) in [6, 6.07) is 12.3. The van der Waals surface area contributed by atoms with Crippen LogP contribution in [0.3, 0.4) is 0 Å². The van der Waals surface area contributed by atoms with E-state index in [9.17, 15) is 9.59 Å². The minimum Gasteiger partial charge on any atom is -0.497 e. The zero-order chi connectivity index (χ0) is 18.5. The third-order valence-corrected chi connectivity index (χ3v) is 3.74. The third-order valence-electron chi connectivity index (χ3n) is 3.74. The molecule has 8 nitrogen and oxygen atoms in total. The summed E-state index contributed by atoms with van der Waals surface area (Å²) in [5.74, 6) is 0.521. The molecule has 26 heavy (non-hydrogen) atoms. The fraction of sp³-hybridized carbons (Fsp3) is 0.167. The van der Waals surface area contributed by atoms with Gasteiger partial charge in [-0.15, -0.1) is 0 Å². The molecule has 0 aliphatic rings. The van der Waals surface area contributed by atoms with Gasteiger partial charge in [0, 0.05) is 6.07 Å². The van der Waals surface area contributed by atoms with Gasteiger partial charge < -0.3 is 14.5 Å². The van der Waals surface area contributed by atoms with Crippen LogP contribution in [0.25, 0.3) is 11.0 Å². The second-order valence-corrected chi connectivity index (χ2v) is 5.45. The van der Waals surface area contributed by atoms with Gasteiger partial charge in [-0.05, 0) is 24.3 Å². The molecule has 3 rings (SSSR count). The first kappa shape index (κ1) is 17.3. The van der Waals surface area contributed by atoms with E-state index < -0.39 is 11.8 Å². The highest BCUT2D eigenvalue weighted by atomic mass is 16.5. The first-order chi connectivity index (χ1) is 12.6. The van der Waals surface area contributed by atoms with E-state index in [1.54, 1.807) is 18.2 Å². The number of nitrogens with zero attached hydrogens (tertiary/aromatic N) is 1. The van der Waals surface area contributed by atoms with Crippen molar-refractivity contribution in [2.75, 3.05) is 14.2 Å². The van der Waals surface area contributed by atoms with Crippen molar-refractivity contribution in [3.63, 3.8) is 0 Å². The summed E-state index contributed by atoms with van der Waals surface area (Å²) in [5.41, 5.74) is 6.64. The topological polar surface area (TPSA) is 105 Å². The highest BCUT2D eigenvalue weighted by molar-refractivity contribution is 5.98. The van der Waals surface area contributed by atoms with Crippen LogP contribution in [-0.2, 0) is 11.2 Å². The number of aromatic amines is 1. The lowest BCUT2D eigenvalue weighted by atomic mass is 10.2. The van der Waals surface area contributed by atoms with Gasteiger partial charge in [0.15, 0.2) is 0 Å². The molecule has 0 saturated heterocycles. The molecule has 0 saturated carbocycles. The number of aromatic nitrogens is 2. The van der Waals surface area contributed by atoms with E-state index in [-0.39, 0.29) is 12.0 Å². The first-order valence-electron chi connectivity index (χ1n) is 7.85. The van der Waals surface area contributed by atoms with E-state index >= 15 is 0 Å². The Balaban J connectivity index is 1.61. The molecule has 0 spiro atoms. The lowest BCUT2D eigenvalue weighted by Gasteiger charge is -2.11. The van der Waals surface area contributed by atoms with Crippen molar-refractivity contribution in [1.29, 1.82) is 0 Å². The predicted octanol–water partition coefficient (Wildman–Crippen LogP) is 1.58. The van der Waals surface area contributed by atoms with Crippen LogP contribution in [0.2, 0.25) is 0 Å². The van der Waals surface area contributed by atoms with Crippen molar-refractivity contribution in [3.05, 3.63) is 53.9 Å². The van der Waals surface area contributed by atoms with E-state index in [0.717, 1.165) is 11.0 Å². The van der Waals surface area contributed by atoms with E-state index in [0.29, 0.717) is 17.3 Å². The molecule has 0 bridgehead atoms. The van der Waals surface area contributed by atoms with Gasteiger partial charge in [-0.1, -0.05) is 12.1 Å². The minimum atomic E-state index is -0.498. The summed E-state index contributed by atoms with van der Waals surface area (Å²) in [5, 5.41) is 0. The Morgan fingerprint density at radius 2 is 1.88 bits per heavy atom. The molecular formula is C18H18N4O4. The number of carbonyl (C=O) groups excluding carboxylic acids is 2. The maximum atomic E-state index is 12.3. The van der Waals surface area contributed by atoms with Crippen molar-refractivity contribution in [1.82, 2.24) is 20.8 Å². The second kappa shape index (κ2) is 7.56. The van der Waals surface area contributed by atoms with E-state index in [1.807, 2.05) is 24.3 Å². The number of para-hydroxylation sites is 2. The number of imidazole rings is 1. The van der Waals surface area contributed by atoms with E-state index in [4.69, 9.17) is 9.47 Å². The number of carbonyl (C=O) groups is 2. The zero-order valence-electron chi connectivity index (χ0n) is 14.3. The quantitative estimate of drug-likeness (QED) is 0.604. The number of hydrazine groups is 1. The molecule has 0 unspecified atom stereocenters. The molecular weight excluding hydrogens is 336 g/mol. The Hall–Kier alpha value is -3.55. The van der Waals surface area contributed by atoms with Crippen LogP contribution >= 0.6 is 0 Å². The Labute approximate surface area is 149 Å². The number of ether oxygens (including phenoxy) is 2. The summed E-state index contributed by atoms with van der Waals surface area (Å²) in [7, 11) is 2.97. The Morgan fingerprint density at radius 1 is 1.08 bits per heavy atom. The van der Waals surface area contributed by atoms with Gasteiger partial charge in [0.2, 0.25) is 5.91 Å². The van der Waals surface area contributed by atoms with Crippen LogP contribution in [0.15, 0.2) is 42.5 Å². The first-order valence-corrected chi connectivity index (χ1v) is 7.85. The standard InChI is InChI=1S/C18H18N4O4/c1-25-11-7-8-12(15(9-11)26-2)18(24)22-21-17(23)10-16-19-13-5-3-4-6-14(13)20-16/h3-9H,10H2,1-2H3,(H,19,20)(H,21,23)(H,22,24). The van der Waals surface area contributed by atoms with Gasteiger partial charge >= 0.3 is 0 Å². The fourth-order valence-electron chi connectivity index (χ4n) is 2.47. The monoisotopic (exact) mass is 354 g/mol. The highest BCUT2D eigenvalue weighted by Gasteiger charge is 2.15. The van der Waals surface area contributed by atoms with Crippen LogP contribution in [0.1, 0.15) is 16.2 Å². The normalized spacial score (nSPS) is 10.4. The lowest BCUT2D eigenvalue weighted by molar-refractivity contribution is -0.121. The van der Waals surface area contributed by atoms with Crippen molar-refractivity contribution in [2.24, 2.45) is 0 Å². The van der Waals surface area contributed by atoms with Crippen molar-refractivity contribution in [2.45, 2.75) is 6.42 Å². The number of benzene rings is 2. The Morgan fingerprint density at radius 3 is 2.62 bits per heavy atom. The van der Waals surface area contributed by atoms with Gasteiger partial charge in [-0.25, -0.2) is 4.98 Å². The summed E-state index contributed by atoms with van der Waals surface area (Å²) in [4.78, 5) is 31.7. The fourth-order valence-corrected chi connectivity index (χ4v) is 2.47. The molecule has 1 aromatic heterocycles. The second-order valence-electron chi connectivity index (χ2n) is 5.45. The van der Waals surface area contributed by atoms with Gasteiger partial charge in [0.25, 0.3) is 5.91 Å². The lowest BCUT2D eigenvalue weighted by Crippen LogP contribution is -2.42. The van der Waals surface area contributed by atoms with E-state index in [1.165, 1.54) is 14.2 Å². The molecule has 2 amide bonds. The van der Waals surface area contributed by atoms with Crippen molar-refractivity contribution < 1.29 is 19.1 Å². The van der Waals surface area contributed by atoms with Gasteiger partial charge in [0.05, 0.1) is 37.2 Å². The number of hydrogen-bond donors (Lipinski definition) is 3. The predicted molar refractivity (Wildman–Crippen MR) is 95.0 cm³/mol. The van der Waals surface area contributed by atoms with Gasteiger partial charge in [-0.3, -0.25) is 20.4 Å². The molecule has 0 aliphatic carbocycles. The van der Waals surface area contributed by atoms with E-state index in [2.05, 4.69) is 20.8 Å². The van der Waals surface area contributed by atoms with Gasteiger partial charge in [-0.2, -0.15) is 0 Å². The minimum absolute atomic E-state index is 0.00864. The van der Waals surface area contributed by atoms with Crippen LogP contribution in [0.5, 0.6) is 11.5 Å².